The summed E-state index contributed by atoms with van der Waals surface area (Å²) in [7, 11) is 0. The minimum absolute atomic E-state index is 0.0176. The molecule has 0 bridgehead atoms. The summed E-state index contributed by atoms with van der Waals surface area (Å²) in [4.78, 5) is 17.5. The van der Waals surface area contributed by atoms with Crippen molar-refractivity contribution in [3.8, 4) is 0 Å². The van der Waals surface area contributed by atoms with Crippen LogP contribution in [0.2, 0.25) is 0 Å². The topological polar surface area (TPSA) is 66.5 Å². The van der Waals surface area contributed by atoms with Gasteiger partial charge in [-0.25, -0.2) is 4.98 Å². The largest absolute Gasteiger partial charge is 0.433 e. The van der Waals surface area contributed by atoms with Crippen molar-refractivity contribution in [3.63, 3.8) is 0 Å². The van der Waals surface area contributed by atoms with E-state index in [4.69, 9.17) is 4.74 Å². The summed E-state index contributed by atoms with van der Waals surface area (Å²) in [5.74, 6) is -0.170. The van der Waals surface area contributed by atoms with E-state index in [0.29, 0.717) is 18.6 Å². The van der Waals surface area contributed by atoms with Crippen molar-refractivity contribution in [1.82, 2.24) is 15.2 Å². The molecule has 9 heteroatoms. The first-order valence-electron chi connectivity index (χ1n) is 9.79. The van der Waals surface area contributed by atoms with Gasteiger partial charge in [0.2, 0.25) is 5.91 Å². The number of rotatable bonds is 5. The Morgan fingerprint density at radius 1 is 1.36 bits per heavy atom. The zero-order valence-corrected chi connectivity index (χ0v) is 16.0. The Labute approximate surface area is 162 Å². The molecule has 1 aromatic rings. The summed E-state index contributed by atoms with van der Waals surface area (Å²) < 4.78 is 45.6. The lowest BCUT2D eigenvalue weighted by Gasteiger charge is -2.39. The molecule has 2 unspecified atom stereocenters. The van der Waals surface area contributed by atoms with Gasteiger partial charge in [-0.15, -0.1) is 0 Å². The number of amides is 1. The highest BCUT2D eigenvalue weighted by Crippen LogP contribution is 2.32. The lowest BCUT2D eigenvalue weighted by Crippen LogP contribution is -2.51. The Hall–Kier alpha value is -1.71. The fraction of sp³-hybridized carbons (Fsp3) is 0.684. The highest BCUT2D eigenvalue weighted by molar-refractivity contribution is 5.89. The lowest BCUT2D eigenvalue weighted by atomic mass is 9.90. The van der Waals surface area contributed by atoms with Crippen LogP contribution in [0.25, 0.3) is 0 Å². The van der Waals surface area contributed by atoms with Crippen LogP contribution in [-0.2, 0) is 22.1 Å². The van der Waals surface area contributed by atoms with Crippen molar-refractivity contribution in [2.24, 2.45) is 5.92 Å². The van der Waals surface area contributed by atoms with Crippen LogP contribution in [0.5, 0.6) is 0 Å². The second-order valence-electron chi connectivity index (χ2n) is 7.35. The Balaban J connectivity index is 1.72. The number of hydrogen-bond acceptors (Lipinski definition) is 5. The van der Waals surface area contributed by atoms with E-state index in [0.717, 1.165) is 45.1 Å². The Morgan fingerprint density at radius 3 is 2.79 bits per heavy atom. The molecule has 3 rings (SSSR count). The molecule has 3 heterocycles. The summed E-state index contributed by atoms with van der Waals surface area (Å²) in [5.41, 5.74) is -0.429. The van der Waals surface area contributed by atoms with Crippen LogP contribution >= 0.6 is 0 Å². The summed E-state index contributed by atoms with van der Waals surface area (Å²) in [6, 6.07) is 2.65. The third kappa shape index (κ3) is 5.65. The molecule has 0 aliphatic carbocycles. The van der Waals surface area contributed by atoms with Gasteiger partial charge in [-0.1, -0.05) is 6.92 Å². The first kappa shape index (κ1) is 21.0. The predicted octanol–water partition coefficient (Wildman–Crippen LogP) is 2.65. The number of aromatic nitrogens is 1. The van der Waals surface area contributed by atoms with Crippen LogP contribution < -0.4 is 10.6 Å². The van der Waals surface area contributed by atoms with E-state index in [1.165, 1.54) is 0 Å². The molecular formula is C19H27F3N4O2. The normalized spacial score (nSPS) is 24.1. The van der Waals surface area contributed by atoms with Gasteiger partial charge in [-0.3, -0.25) is 9.69 Å². The van der Waals surface area contributed by atoms with Gasteiger partial charge >= 0.3 is 6.18 Å². The first-order valence-corrected chi connectivity index (χ1v) is 9.79. The van der Waals surface area contributed by atoms with Crippen LogP contribution in [0.3, 0.4) is 0 Å². The van der Waals surface area contributed by atoms with Gasteiger partial charge < -0.3 is 15.4 Å². The van der Waals surface area contributed by atoms with Gasteiger partial charge in [0.25, 0.3) is 0 Å². The molecule has 6 nitrogen and oxygen atoms in total. The predicted molar refractivity (Wildman–Crippen MR) is 98.8 cm³/mol. The lowest BCUT2D eigenvalue weighted by molar-refractivity contribution is -0.141. The molecule has 2 atom stereocenters. The van der Waals surface area contributed by atoms with Gasteiger partial charge in [0.15, 0.2) is 0 Å². The van der Waals surface area contributed by atoms with Crippen molar-refractivity contribution < 1.29 is 22.7 Å². The molecule has 0 saturated carbocycles. The molecule has 2 fully saturated rings. The van der Waals surface area contributed by atoms with Crippen LogP contribution in [0.1, 0.15) is 37.4 Å². The second-order valence-corrected chi connectivity index (χ2v) is 7.35. The van der Waals surface area contributed by atoms with Gasteiger partial charge in [0, 0.05) is 39.2 Å². The third-order valence-corrected chi connectivity index (χ3v) is 5.22. The number of carbonyl (C=O) groups is 1. The fourth-order valence-electron chi connectivity index (χ4n) is 3.73. The zero-order chi connectivity index (χ0) is 20.1. The number of nitrogens with zero attached hydrogens (tertiary/aromatic N) is 2. The Bertz CT molecular complexity index is 678. The number of alkyl halides is 3. The van der Waals surface area contributed by atoms with Gasteiger partial charge in [-0.05, 0) is 42.9 Å². The summed E-state index contributed by atoms with van der Waals surface area (Å²) in [5, 5.41) is 5.76. The number of nitrogens with one attached hydrogen (secondary N) is 2. The quantitative estimate of drug-likeness (QED) is 0.796. The van der Waals surface area contributed by atoms with Crippen LogP contribution in [-0.4, -0.2) is 54.8 Å². The summed E-state index contributed by atoms with van der Waals surface area (Å²) >= 11 is 0. The molecule has 2 N–H and O–H groups in total. The van der Waals surface area contributed by atoms with E-state index in [-0.39, 0.29) is 30.3 Å². The van der Waals surface area contributed by atoms with Crippen molar-refractivity contribution in [1.29, 1.82) is 0 Å². The van der Waals surface area contributed by atoms with E-state index >= 15 is 0 Å². The smallest absolute Gasteiger partial charge is 0.363 e. The molecule has 2 aliphatic heterocycles. The molecular weight excluding hydrogens is 373 g/mol. The average molecular weight is 400 g/mol. The highest BCUT2D eigenvalue weighted by Gasteiger charge is 2.34. The number of hydrogen-bond donors (Lipinski definition) is 2. The SMILES string of the molecule is CCC(=O)Nc1cc(CC2CCOC(N3CCNCC3)C2)cc(C(F)(F)F)n1. The van der Waals surface area contributed by atoms with Crippen molar-refractivity contribution in [2.75, 3.05) is 38.1 Å². The van der Waals surface area contributed by atoms with Crippen molar-refractivity contribution in [2.45, 2.75) is 45.0 Å². The minimum Gasteiger partial charge on any atom is -0.363 e. The fourth-order valence-corrected chi connectivity index (χ4v) is 3.73. The Morgan fingerprint density at radius 2 is 2.11 bits per heavy atom. The maximum Gasteiger partial charge on any atom is 0.433 e. The number of carbonyl (C=O) groups excluding carboxylic acids is 1. The van der Waals surface area contributed by atoms with E-state index in [9.17, 15) is 18.0 Å². The molecule has 0 aromatic carbocycles. The van der Waals surface area contributed by atoms with Crippen LogP contribution in [0.15, 0.2) is 12.1 Å². The highest BCUT2D eigenvalue weighted by atomic mass is 19.4. The van der Waals surface area contributed by atoms with Gasteiger partial charge in [-0.2, -0.15) is 13.2 Å². The second kappa shape index (κ2) is 9.19. The van der Waals surface area contributed by atoms with Crippen molar-refractivity contribution in [3.05, 3.63) is 23.4 Å². The number of ether oxygens (including phenoxy) is 1. The number of anilines is 1. The monoisotopic (exact) mass is 400 g/mol. The molecule has 1 aromatic heterocycles. The van der Waals surface area contributed by atoms with E-state index in [2.05, 4.69) is 20.5 Å². The number of halogens is 3. The number of pyridine rings is 1. The molecule has 0 radical (unpaired) electrons. The molecule has 0 spiro atoms. The molecule has 28 heavy (non-hydrogen) atoms. The van der Waals surface area contributed by atoms with Crippen LogP contribution in [0, 0.1) is 5.92 Å². The maximum absolute atomic E-state index is 13.2. The average Bonchev–Trinajstić information content (AvgIpc) is 2.68. The first-order chi connectivity index (χ1) is 13.3. The molecule has 2 aliphatic rings. The molecule has 2 saturated heterocycles. The van der Waals surface area contributed by atoms with Gasteiger partial charge in [0.05, 0.1) is 0 Å². The minimum atomic E-state index is -4.55. The summed E-state index contributed by atoms with van der Waals surface area (Å²) in [6.45, 7) is 5.92. The molecule has 156 valence electrons. The maximum atomic E-state index is 13.2. The van der Waals surface area contributed by atoms with E-state index in [1.54, 1.807) is 13.0 Å². The molecule has 1 amide bonds. The third-order valence-electron chi connectivity index (χ3n) is 5.22. The van der Waals surface area contributed by atoms with Gasteiger partial charge in [0.1, 0.15) is 17.7 Å². The number of piperazine rings is 1. The Kier molecular flexibility index (Phi) is 6.90. The van der Waals surface area contributed by atoms with Crippen molar-refractivity contribution >= 4 is 11.7 Å². The van der Waals surface area contributed by atoms with E-state index in [1.807, 2.05) is 0 Å². The standard InChI is InChI=1S/C19H27F3N4O2/c1-2-17(27)25-16-11-14(10-15(24-16)19(20,21)22)9-13-3-8-28-18(12-13)26-6-4-23-5-7-26/h10-11,13,18,23H,2-9,12H2,1H3,(H,24,25,27). The van der Waals surface area contributed by atoms with Crippen LogP contribution in [0.4, 0.5) is 19.0 Å². The zero-order valence-electron chi connectivity index (χ0n) is 16.0. The summed E-state index contributed by atoms with van der Waals surface area (Å²) in [6.07, 6.45) is -2.25. The van der Waals surface area contributed by atoms with E-state index < -0.39 is 11.9 Å².